The van der Waals surface area contributed by atoms with Crippen molar-refractivity contribution in [3.63, 3.8) is 0 Å². The first-order valence-electron chi connectivity index (χ1n) is 14.0. The molecule has 0 amide bonds. The second-order valence-corrected chi connectivity index (χ2v) is 14.2. The molecular formula is C30H38N8OS. The van der Waals surface area contributed by atoms with Crippen molar-refractivity contribution in [1.82, 2.24) is 24.4 Å². The van der Waals surface area contributed by atoms with Crippen LogP contribution in [0.4, 0.5) is 23.1 Å². The monoisotopic (exact) mass is 558 g/mol. The maximum atomic E-state index is 12.2. The average molecular weight is 559 g/mol. The molecule has 1 N–H and O–H groups in total. The molecule has 1 aromatic carbocycles. The first-order valence-corrected chi connectivity index (χ1v) is 16.3. The van der Waals surface area contributed by atoms with E-state index in [9.17, 15) is 4.21 Å². The van der Waals surface area contributed by atoms with Gasteiger partial charge in [-0.1, -0.05) is 6.07 Å². The van der Waals surface area contributed by atoms with Crippen molar-refractivity contribution < 1.29 is 4.21 Å². The number of anilines is 3. The number of hydrogen-bond acceptors (Lipinski definition) is 8. The van der Waals surface area contributed by atoms with Crippen molar-refractivity contribution >= 4 is 43.9 Å². The van der Waals surface area contributed by atoms with E-state index in [1.54, 1.807) is 18.6 Å². The standard InChI is InChI=1S/C30H38N8OS/c1-22-20-23-21-31-29(34-28(23)38(22)27-7-5-6-26(33-27)35-40(3,4)39)32-24-8-10-25(11-9-24)37-18-14-30(15-19-37)12-16-36(2)17-13-30/h5-11,20-21H,12-19H2,1-4H3,(H,31,32,34). The first kappa shape index (κ1) is 26.7. The third-order valence-electron chi connectivity index (χ3n) is 8.35. The normalized spacial score (nSPS) is 17.9. The quantitative estimate of drug-likeness (QED) is 0.344. The summed E-state index contributed by atoms with van der Waals surface area (Å²) in [5.41, 5.74) is 4.50. The number of likely N-dealkylation sites (tertiary alicyclic amines) is 1. The molecule has 5 heterocycles. The van der Waals surface area contributed by atoms with Gasteiger partial charge in [-0.15, -0.1) is 0 Å². The van der Waals surface area contributed by atoms with E-state index in [1.807, 2.05) is 35.9 Å². The van der Waals surface area contributed by atoms with Crippen LogP contribution in [0.5, 0.6) is 0 Å². The zero-order valence-electron chi connectivity index (χ0n) is 23.8. The minimum Gasteiger partial charge on any atom is -0.371 e. The molecule has 6 rings (SSSR count). The molecule has 3 aromatic heterocycles. The van der Waals surface area contributed by atoms with Crippen molar-refractivity contribution in [3.8, 4) is 5.82 Å². The Morgan fingerprint density at radius 2 is 1.65 bits per heavy atom. The van der Waals surface area contributed by atoms with Crippen LogP contribution < -0.4 is 10.2 Å². The van der Waals surface area contributed by atoms with Gasteiger partial charge >= 0.3 is 0 Å². The van der Waals surface area contributed by atoms with E-state index in [4.69, 9.17) is 4.98 Å². The molecule has 0 saturated carbocycles. The summed E-state index contributed by atoms with van der Waals surface area (Å²) < 4.78 is 18.4. The zero-order chi connectivity index (χ0) is 27.9. The molecule has 1 spiro atoms. The molecule has 10 heteroatoms. The van der Waals surface area contributed by atoms with Gasteiger partial charge in [0, 0.05) is 64.0 Å². The third-order valence-corrected chi connectivity index (χ3v) is 8.97. The predicted molar refractivity (Wildman–Crippen MR) is 164 cm³/mol. The molecule has 2 saturated heterocycles. The lowest BCUT2D eigenvalue weighted by molar-refractivity contribution is 0.0945. The fraction of sp³-hybridized carbons (Fsp3) is 0.433. The molecular weight excluding hydrogens is 520 g/mol. The maximum absolute atomic E-state index is 12.2. The molecule has 210 valence electrons. The van der Waals surface area contributed by atoms with E-state index < -0.39 is 9.73 Å². The Morgan fingerprint density at radius 3 is 2.35 bits per heavy atom. The Morgan fingerprint density at radius 1 is 0.950 bits per heavy atom. The maximum Gasteiger partial charge on any atom is 0.229 e. The minimum atomic E-state index is -2.31. The van der Waals surface area contributed by atoms with E-state index in [-0.39, 0.29) is 0 Å². The van der Waals surface area contributed by atoms with Crippen LogP contribution in [0.15, 0.2) is 59.1 Å². The largest absolute Gasteiger partial charge is 0.371 e. The van der Waals surface area contributed by atoms with E-state index >= 15 is 0 Å². The van der Waals surface area contributed by atoms with Gasteiger partial charge in [0.1, 0.15) is 5.82 Å². The van der Waals surface area contributed by atoms with E-state index in [0.29, 0.717) is 23.0 Å². The van der Waals surface area contributed by atoms with Crippen LogP contribution in [0.3, 0.4) is 0 Å². The summed E-state index contributed by atoms with van der Waals surface area (Å²) in [6, 6.07) is 16.2. The van der Waals surface area contributed by atoms with Gasteiger partial charge < -0.3 is 15.1 Å². The molecule has 4 aromatic rings. The van der Waals surface area contributed by atoms with Crippen LogP contribution in [0.2, 0.25) is 0 Å². The van der Waals surface area contributed by atoms with Crippen molar-refractivity contribution in [3.05, 3.63) is 60.4 Å². The Kier molecular flexibility index (Phi) is 7.00. The van der Waals surface area contributed by atoms with Gasteiger partial charge in [0.15, 0.2) is 11.5 Å². The molecule has 2 fully saturated rings. The number of pyridine rings is 1. The number of benzene rings is 1. The lowest BCUT2D eigenvalue weighted by Crippen LogP contribution is -2.46. The highest BCUT2D eigenvalue weighted by Crippen LogP contribution is 2.42. The van der Waals surface area contributed by atoms with Crippen molar-refractivity contribution in [1.29, 1.82) is 0 Å². The summed E-state index contributed by atoms with van der Waals surface area (Å²) in [5, 5.41) is 4.29. The Labute approximate surface area is 236 Å². The number of rotatable bonds is 5. The summed E-state index contributed by atoms with van der Waals surface area (Å²) in [5.74, 6) is 1.64. The fourth-order valence-corrected chi connectivity index (χ4v) is 6.55. The van der Waals surface area contributed by atoms with Crippen LogP contribution in [0.1, 0.15) is 31.4 Å². The Balaban J connectivity index is 1.18. The lowest BCUT2D eigenvalue weighted by Gasteiger charge is -2.46. The second-order valence-electron chi connectivity index (χ2n) is 11.7. The molecule has 0 aliphatic carbocycles. The molecule has 2 aliphatic heterocycles. The molecule has 0 radical (unpaired) electrons. The zero-order valence-corrected chi connectivity index (χ0v) is 24.6. The van der Waals surface area contributed by atoms with Gasteiger partial charge in [-0.05, 0) is 101 Å². The summed E-state index contributed by atoms with van der Waals surface area (Å²) in [7, 11) is -0.0715. The van der Waals surface area contributed by atoms with Crippen LogP contribution in [0, 0.1) is 12.3 Å². The van der Waals surface area contributed by atoms with Crippen LogP contribution in [0.25, 0.3) is 16.9 Å². The topological polar surface area (TPSA) is 91.5 Å². The molecule has 0 unspecified atom stereocenters. The lowest BCUT2D eigenvalue weighted by atomic mass is 9.71. The number of aromatic nitrogens is 4. The second kappa shape index (κ2) is 10.5. The summed E-state index contributed by atoms with van der Waals surface area (Å²) in [6.07, 6.45) is 10.3. The molecule has 0 atom stereocenters. The van der Waals surface area contributed by atoms with E-state index in [0.717, 1.165) is 35.5 Å². The van der Waals surface area contributed by atoms with Gasteiger partial charge in [0.05, 0.1) is 0 Å². The third kappa shape index (κ3) is 5.69. The van der Waals surface area contributed by atoms with Crippen LogP contribution in [-0.2, 0) is 9.73 Å². The van der Waals surface area contributed by atoms with Gasteiger partial charge in [0.25, 0.3) is 0 Å². The van der Waals surface area contributed by atoms with Gasteiger partial charge in [-0.2, -0.15) is 9.35 Å². The highest BCUT2D eigenvalue weighted by molar-refractivity contribution is 7.92. The fourth-order valence-electron chi connectivity index (χ4n) is 6.00. The van der Waals surface area contributed by atoms with Crippen LogP contribution >= 0.6 is 0 Å². The summed E-state index contributed by atoms with van der Waals surface area (Å²) in [6.45, 7) is 6.73. The minimum absolute atomic E-state index is 0.441. The number of nitrogens with one attached hydrogen (secondary N) is 1. The number of hydrogen-bond donors (Lipinski definition) is 1. The first-order chi connectivity index (χ1) is 19.2. The highest BCUT2D eigenvalue weighted by Gasteiger charge is 2.36. The van der Waals surface area contributed by atoms with E-state index in [1.165, 1.54) is 44.5 Å². The van der Waals surface area contributed by atoms with Gasteiger partial charge in [0.2, 0.25) is 5.95 Å². The van der Waals surface area contributed by atoms with Gasteiger partial charge in [-0.3, -0.25) is 4.57 Å². The molecule has 40 heavy (non-hydrogen) atoms. The highest BCUT2D eigenvalue weighted by atomic mass is 32.2. The summed E-state index contributed by atoms with van der Waals surface area (Å²) in [4.78, 5) is 19.0. The number of aryl methyl sites for hydroxylation is 1. The van der Waals surface area contributed by atoms with Gasteiger partial charge in [-0.25, -0.2) is 14.2 Å². The van der Waals surface area contributed by atoms with Crippen molar-refractivity contribution in [2.45, 2.75) is 32.6 Å². The average Bonchev–Trinajstić information content (AvgIpc) is 3.26. The Bertz CT molecular complexity index is 1630. The van der Waals surface area contributed by atoms with Crippen molar-refractivity contribution in [2.75, 3.05) is 56.0 Å². The number of fused-ring (bicyclic) bond motifs is 1. The number of piperidine rings is 2. The predicted octanol–water partition coefficient (Wildman–Crippen LogP) is 5.54. The number of nitrogens with zero attached hydrogens (tertiary/aromatic N) is 7. The summed E-state index contributed by atoms with van der Waals surface area (Å²) >= 11 is 0. The Hall–Kier alpha value is -3.50. The van der Waals surface area contributed by atoms with Crippen LogP contribution in [-0.4, -0.2) is 74.4 Å². The van der Waals surface area contributed by atoms with Crippen molar-refractivity contribution in [2.24, 2.45) is 9.78 Å². The molecule has 0 bridgehead atoms. The molecule has 9 nitrogen and oxygen atoms in total. The molecule has 2 aliphatic rings. The van der Waals surface area contributed by atoms with E-state index in [2.05, 4.69) is 60.8 Å². The smallest absolute Gasteiger partial charge is 0.229 e. The SMILES string of the molecule is Cc1cc2cnc(Nc3ccc(N4CCC5(CCN(C)CC5)CC4)cc3)nc2n1-c1cccc(N=S(C)(C)=O)n1.